The molecular weight excluding hydrogens is 192 g/mol. The maximum Gasteiger partial charge on any atom is 0.170 e. The maximum atomic E-state index is 9.55. The number of aliphatic hydroxyl groups is 1. The van der Waals surface area contributed by atoms with Gasteiger partial charge in [0, 0.05) is 13.2 Å². The maximum absolute atomic E-state index is 9.55. The molecule has 3 unspecified atom stereocenters. The van der Waals surface area contributed by atoms with E-state index in [-0.39, 0.29) is 6.04 Å². The van der Waals surface area contributed by atoms with Crippen LogP contribution in [0, 0.1) is 5.92 Å². The first-order valence-electron chi connectivity index (χ1n) is 6.03. The van der Waals surface area contributed by atoms with Gasteiger partial charge in [0.2, 0.25) is 0 Å². The second-order valence-electron chi connectivity index (χ2n) is 4.76. The Bertz CT molecular complexity index is 195. The van der Waals surface area contributed by atoms with Gasteiger partial charge in [-0.1, -0.05) is 19.3 Å². The van der Waals surface area contributed by atoms with Crippen LogP contribution in [0.4, 0.5) is 0 Å². The fourth-order valence-corrected chi connectivity index (χ4v) is 2.80. The first-order valence-corrected chi connectivity index (χ1v) is 6.03. The second-order valence-corrected chi connectivity index (χ2v) is 4.76. The van der Waals surface area contributed by atoms with E-state index < -0.39 is 6.29 Å². The molecule has 88 valence electrons. The van der Waals surface area contributed by atoms with Crippen molar-refractivity contribution in [3.8, 4) is 0 Å². The summed E-state index contributed by atoms with van der Waals surface area (Å²) in [6.45, 7) is 0. The first-order chi connectivity index (χ1) is 7.31. The molecule has 0 spiro atoms. The quantitative estimate of drug-likeness (QED) is 0.607. The third-order valence-electron chi connectivity index (χ3n) is 3.77. The number of rotatable bonds is 3. The van der Waals surface area contributed by atoms with E-state index in [4.69, 9.17) is 4.74 Å². The minimum Gasteiger partial charge on any atom is -0.367 e. The van der Waals surface area contributed by atoms with Crippen molar-refractivity contribution in [3.63, 3.8) is 0 Å². The van der Waals surface area contributed by atoms with Crippen molar-refractivity contribution >= 4 is 0 Å². The lowest BCUT2D eigenvalue weighted by Crippen LogP contribution is -2.41. The summed E-state index contributed by atoms with van der Waals surface area (Å²) in [5, 5.41) is 9.55. The smallest absolute Gasteiger partial charge is 0.170 e. The van der Waals surface area contributed by atoms with Gasteiger partial charge in [-0.05, 0) is 25.2 Å². The van der Waals surface area contributed by atoms with Gasteiger partial charge in [0.1, 0.15) is 0 Å². The minimum absolute atomic E-state index is 0.0435. The molecule has 0 aromatic rings. The monoisotopic (exact) mass is 214 g/mol. The number of nitrogens with one attached hydrogen (secondary N) is 2. The zero-order valence-electron chi connectivity index (χ0n) is 9.41. The Morgan fingerprint density at radius 1 is 1.20 bits per heavy atom. The molecule has 2 fully saturated rings. The first kappa shape index (κ1) is 11.3. The summed E-state index contributed by atoms with van der Waals surface area (Å²) in [5.41, 5.74) is 6.43. The topological polar surface area (TPSA) is 53.5 Å². The number of aliphatic hydroxyl groups excluding tert-OH is 1. The Kier molecular flexibility index (Phi) is 3.97. The van der Waals surface area contributed by atoms with Gasteiger partial charge in [0.15, 0.2) is 6.29 Å². The van der Waals surface area contributed by atoms with Crippen molar-refractivity contribution in [3.05, 3.63) is 0 Å². The molecule has 1 aliphatic heterocycles. The fraction of sp³-hybridized carbons (Fsp3) is 1.00. The third kappa shape index (κ3) is 2.69. The SMILES string of the molecule is COC(O)C1CC(C2CCCCC2)NN1. The van der Waals surface area contributed by atoms with Crippen LogP contribution < -0.4 is 10.9 Å². The molecule has 0 bridgehead atoms. The normalized spacial score (nSPS) is 35.6. The molecule has 1 aliphatic carbocycles. The average molecular weight is 214 g/mol. The molecule has 4 nitrogen and oxygen atoms in total. The third-order valence-corrected chi connectivity index (χ3v) is 3.77. The van der Waals surface area contributed by atoms with Gasteiger partial charge in [-0.2, -0.15) is 0 Å². The Hall–Kier alpha value is -0.160. The Labute approximate surface area is 91.4 Å². The van der Waals surface area contributed by atoms with Crippen LogP contribution in [0.3, 0.4) is 0 Å². The molecule has 15 heavy (non-hydrogen) atoms. The van der Waals surface area contributed by atoms with Crippen LogP contribution in [0.5, 0.6) is 0 Å². The van der Waals surface area contributed by atoms with Crippen LogP contribution in [-0.2, 0) is 4.74 Å². The number of hydrogen-bond acceptors (Lipinski definition) is 4. The van der Waals surface area contributed by atoms with Crippen molar-refractivity contribution in [2.45, 2.75) is 56.9 Å². The lowest BCUT2D eigenvalue weighted by molar-refractivity contribution is -0.0944. The molecule has 1 heterocycles. The number of hydrogen-bond donors (Lipinski definition) is 3. The van der Waals surface area contributed by atoms with Crippen molar-refractivity contribution in [2.24, 2.45) is 5.92 Å². The molecule has 0 amide bonds. The number of hydrazine groups is 1. The minimum atomic E-state index is -0.689. The van der Waals surface area contributed by atoms with E-state index in [1.807, 2.05) is 0 Å². The molecule has 0 aromatic carbocycles. The Balaban J connectivity index is 1.80. The zero-order chi connectivity index (χ0) is 10.7. The molecule has 2 aliphatic rings. The van der Waals surface area contributed by atoms with Crippen LogP contribution >= 0.6 is 0 Å². The highest BCUT2D eigenvalue weighted by molar-refractivity contribution is 4.88. The van der Waals surface area contributed by atoms with Gasteiger partial charge in [0.05, 0.1) is 6.04 Å². The Morgan fingerprint density at radius 3 is 2.60 bits per heavy atom. The summed E-state index contributed by atoms with van der Waals surface area (Å²) in [7, 11) is 1.54. The zero-order valence-corrected chi connectivity index (χ0v) is 9.41. The van der Waals surface area contributed by atoms with Gasteiger partial charge in [-0.25, -0.2) is 5.43 Å². The molecule has 1 saturated heterocycles. The average Bonchev–Trinajstić information content (AvgIpc) is 2.78. The van der Waals surface area contributed by atoms with E-state index in [1.165, 1.54) is 32.1 Å². The molecular formula is C11H22N2O2. The Morgan fingerprint density at radius 2 is 1.93 bits per heavy atom. The largest absolute Gasteiger partial charge is 0.367 e. The summed E-state index contributed by atoms with van der Waals surface area (Å²) in [6.07, 6.45) is 7.05. The lowest BCUT2D eigenvalue weighted by Gasteiger charge is -2.26. The predicted octanol–water partition coefficient (Wildman–Crippen LogP) is 0.767. The predicted molar refractivity (Wildman–Crippen MR) is 58.1 cm³/mol. The van der Waals surface area contributed by atoms with Gasteiger partial charge in [-0.3, -0.25) is 5.43 Å². The van der Waals surface area contributed by atoms with Crippen LogP contribution in [0.2, 0.25) is 0 Å². The van der Waals surface area contributed by atoms with E-state index >= 15 is 0 Å². The summed E-state index contributed by atoms with van der Waals surface area (Å²) >= 11 is 0. The van der Waals surface area contributed by atoms with E-state index in [1.54, 1.807) is 7.11 Å². The second kappa shape index (κ2) is 5.25. The van der Waals surface area contributed by atoms with Crippen LogP contribution in [-0.4, -0.2) is 30.6 Å². The standard InChI is InChI=1S/C11H22N2O2/c1-15-11(14)10-7-9(12-13-10)8-5-3-2-4-6-8/h8-14H,2-7H2,1H3. The van der Waals surface area contributed by atoms with Gasteiger partial charge < -0.3 is 9.84 Å². The molecule has 2 rings (SSSR count). The van der Waals surface area contributed by atoms with Crippen LogP contribution in [0.25, 0.3) is 0 Å². The van der Waals surface area contributed by atoms with E-state index in [0.29, 0.717) is 6.04 Å². The fourth-order valence-electron chi connectivity index (χ4n) is 2.80. The van der Waals surface area contributed by atoms with Gasteiger partial charge in [0.25, 0.3) is 0 Å². The highest BCUT2D eigenvalue weighted by Gasteiger charge is 2.34. The van der Waals surface area contributed by atoms with Crippen LogP contribution in [0.1, 0.15) is 38.5 Å². The van der Waals surface area contributed by atoms with Crippen molar-refractivity contribution in [1.82, 2.24) is 10.9 Å². The number of methoxy groups -OCH3 is 1. The summed E-state index contributed by atoms with van der Waals surface area (Å²) < 4.78 is 4.92. The highest BCUT2D eigenvalue weighted by Crippen LogP contribution is 2.29. The molecule has 0 aromatic heterocycles. The molecule has 4 heteroatoms. The molecule has 1 saturated carbocycles. The molecule has 3 atom stereocenters. The van der Waals surface area contributed by atoms with Gasteiger partial charge in [-0.15, -0.1) is 0 Å². The molecule has 3 N–H and O–H groups in total. The van der Waals surface area contributed by atoms with Crippen molar-refractivity contribution in [2.75, 3.05) is 7.11 Å². The van der Waals surface area contributed by atoms with E-state index in [0.717, 1.165) is 12.3 Å². The lowest BCUT2D eigenvalue weighted by atomic mass is 9.82. The summed E-state index contributed by atoms with van der Waals surface area (Å²) in [6, 6.07) is 0.557. The van der Waals surface area contributed by atoms with E-state index in [2.05, 4.69) is 10.9 Å². The highest BCUT2D eigenvalue weighted by atomic mass is 16.6. The summed E-state index contributed by atoms with van der Waals surface area (Å²) in [4.78, 5) is 0. The van der Waals surface area contributed by atoms with Crippen molar-refractivity contribution in [1.29, 1.82) is 0 Å². The van der Waals surface area contributed by atoms with E-state index in [9.17, 15) is 5.11 Å². The molecule has 0 radical (unpaired) electrons. The van der Waals surface area contributed by atoms with Crippen LogP contribution in [0.15, 0.2) is 0 Å². The number of ether oxygens (including phenoxy) is 1. The van der Waals surface area contributed by atoms with Gasteiger partial charge >= 0.3 is 0 Å². The summed E-state index contributed by atoms with van der Waals surface area (Å²) in [5.74, 6) is 0.778. The van der Waals surface area contributed by atoms with Crippen molar-refractivity contribution < 1.29 is 9.84 Å².